The maximum atomic E-state index is 13.8. The van der Waals surface area contributed by atoms with Crippen molar-refractivity contribution in [1.29, 1.82) is 0 Å². The van der Waals surface area contributed by atoms with Crippen LogP contribution in [0.4, 0.5) is 4.39 Å². The molecule has 0 bridgehead atoms. The lowest BCUT2D eigenvalue weighted by Crippen LogP contribution is -2.59. The molecule has 1 saturated heterocycles. The number of hydrogen-bond acceptors (Lipinski definition) is 9. The van der Waals surface area contributed by atoms with Crippen LogP contribution < -0.4 is 0 Å². The molecule has 0 aliphatic carbocycles. The first-order valence-corrected chi connectivity index (χ1v) is 10.7. The Labute approximate surface area is 196 Å². The molecule has 10 nitrogen and oxygen atoms in total. The molecule has 1 aliphatic heterocycles. The van der Waals surface area contributed by atoms with Crippen LogP contribution in [-0.2, 0) is 33.3 Å². The molecule has 2 rings (SSSR count). The van der Waals surface area contributed by atoms with E-state index in [1.54, 1.807) is 0 Å². The first-order chi connectivity index (χ1) is 15.0. The number of carbonyl (C=O) groups is 3. The topological polar surface area (TPSA) is 137 Å². The fourth-order valence-corrected chi connectivity index (χ4v) is 4.71. The number of ether oxygens (including phenoxy) is 4. The third kappa shape index (κ3) is 6.88. The summed E-state index contributed by atoms with van der Waals surface area (Å²) in [6, 6.07) is 1.33. The Kier molecular flexibility index (Phi) is 9.41. The summed E-state index contributed by atoms with van der Waals surface area (Å²) in [5.74, 6) is -2.89. The number of thioether (sulfide) groups is 1. The van der Waals surface area contributed by atoms with E-state index in [1.165, 1.54) is 19.1 Å². The second-order valence-corrected chi connectivity index (χ2v) is 8.49. The number of azide groups is 1. The summed E-state index contributed by atoms with van der Waals surface area (Å²) in [5, 5.41) is 3.15. The second kappa shape index (κ2) is 11.6. The van der Waals surface area contributed by atoms with Gasteiger partial charge in [-0.3, -0.25) is 14.4 Å². The summed E-state index contributed by atoms with van der Waals surface area (Å²) in [6.07, 6.45) is -3.53. The highest BCUT2D eigenvalue weighted by Crippen LogP contribution is 2.39. The lowest BCUT2D eigenvalue weighted by molar-refractivity contribution is -0.201. The van der Waals surface area contributed by atoms with Crippen molar-refractivity contribution in [3.8, 4) is 0 Å². The number of carbonyl (C=O) groups excluding carboxylic acids is 3. The molecule has 32 heavy (non-hydrogen) atoms. The molecule has 2 unspecified atom stereocenters. The van der Waals surface area contributed by atoms with Gasteiger partial charge in [-0.2, -0.15) is 0 Å². The highest BCUT2D eigenvalue weighted by molar-refractivity contribution is 7.99. The maximum absolute atomic E-state index is 13.8. The van der Waals surface area contributed by atoms with Crippen molar-refractivity contribution < 1.29 is 37.7 Å². The van der Waals surface area contributed by atoms with E-state index in [4.69, 9.17) is 47.7 Å². The molecule has 0 N–H and O–H groups in total. The minimum atomic E-state index is -1.23. The van der Waals surface area contributed by atoms with E-state index in [0.717, 1.165) is 25.6 Å². The van der Waals surface area contributed by atoms with E-state index in [0.29, 0.717) is 4.90 Å². The van der Waals surface area contributed by atoms with E-state index >= 15 is 0 Å². The van der Waals surface area contributed by atoms with Gasteiger partial charge in [-0.05, 0) is 17.7 Å². The van der Waals surface area contributed by atoms with Gasteiger partial charge >= 0.3 is 17.9 Å². The molecule has 174 valence electrons. The summed E-state index contributed by atoms with van der Waals surface area (Å²) in [4.78, 5) is 37.8. The number of esters is 3. The molecule has 5 atom stereocenters. The summed E-state index contributed by atoms with van der Waals surface area (Å²) in [7, 11) is 0. The molecule has 0 saturated carbocycles. The monoisotopic (exact) mass is 509 g/mol. The Bertz CT molecular complexity index is 924. The van der Waals surface area contributed by atoms with E-state index in [1.807, 2.05) is 0 Å². The fourth-order valence-electron chi connectivity index (χ4n) is 2.90. The van der Waals surface area contributed by atoms with Crippen LogP contribution in [0.25, 0.3) is 10.4 Å². The maximum Gasteiger partial charge on any atom is 0.303 e. The van der Waals surface area contributed by atoms with E-state index in [9.17, 15) is 18.8 Å². The zero-order valence-corrected chi connectivity index (χ0v) is 19.3. The molecule has 1 aromatic carbocycles. The third-order valence-electron chi connectivity index (χ3n) is 4.07. The third-order valence-corrected chi connectivity index (χ3v) is 5.74. The Morgan fingerprint density at radius 1 is 1.12 bits per heavy atom. The number of halogens is 3. The van der Waals surface area contributed by atoms with Crippen molar-refractivity contribution in [2.45, 2.75) is 55.5 Å². The Morgan fingerprint density at radius 3 is 2.19 bits per heavy atom. The van der Waals surface area contributed by atoms with Crippen molar-refractivity contribution in [2.24, 2.45) is 5.11 Å². The van der Waals surface area contributed by atoms with E-state index in [2.05, 4.69) is 10.0 Å². The zero-order valence-electron chi connectivity index (χ0n) is 17.0. The minimum absolute atomic E-state index is 0.249. The van der Waals surface area contributed by atoms with Crippen molar-refractivity contribution in [3.05, 3.63) is 38.4 Å². The van der Waals surface area contributed by atoms with Crippen LogP contribution in [0.15, 0.2) is 22.1 Å². The highest BCUT2D eigenvalue weighted by Gasteiger charge is 2.50. The molecule has 0 spiro atoms. The predicted molar refractivity (Wildman–Crippen MR) is 112 cm³/mol. The molecule has 1 aliphatic rings. The van der Waals surface area contributed by atoms with E-state index < -0.39 is 53.5 Å². The van der Waals surface area contributed by atoms with Crippen LogP contribution in [0.2, 0.25) is 10.0 Å². The van der Waals surface area contributed by atoms with Crippen molar-refractivity contribution >= 4 is 52.9 Å². The first-order valence-electron chi connectivity index (χ1n) is 9.02. The van der Waals surface area contributed by atoms with Crippen LogP contribution in [0.3, 0.4) is 0 Å². The summed E-state index contributed by atoms with van der Waals surface area (Å²) < 4.78 is 35.3. The van der Waals surface area contributed by atoms with Gasteiger partial charge in [-0.25, -0.2) is 4.39 Å². The van der Waals surface area contributed by atoms with Crippen molar-refractivity contribution in [2.75, 3.05) is 6.61 Å². The summed E-state index contributed by atoms with van der Waals surface area (Å²) in [5.41, 5.74) is 8.02. The minimum Gasteiger partial charge on any atom is -0.463 e. The van der Waals surface area contributed by atoms with Gasteiger partial charge < -0.3 is 18.9 Å². The molecule has 0 aromatic heterocycles. The molecule has 0 amide bonds. The van der Waals surface area contributed by atoms with Crippen LogP contribution in [0.5, 0.6) is 0 Å². The Balaban J connectivity index is 2.48. The van der Waals surface area contributed by atoms with Gasteiger partial charge in [0.05, 0.1) is 10.0 Å². The lowest BCUT2D eigenvalue weighted by Gasteiger charge is -2.43. The molecule has 1 heterocycles. The fraction of sp³-hybridized carbons (Fsp3) is 0.500. The standard InChI is InChI=1S/C18H18Cl2FN3O7S/c1-7(25)28-6-13-16(29-8(2)26)15(23-24-22)17(30-9(3)27)18(31-13)32-10-4-11(19)14(21)12(20)5-10/h4-5,13,15-18H,6H2,1-3H3/t13?,15?,16-,17-,18+/m0/s1. The van der Waals surface area contributed by atoms with Gasteiger partial charge in [0, 0.05) is 30.6 Å². The molecule has 1 fully saturated rings. The molecular weight excluding hydrogens is 492 g/mol. The predicted octanol–water partition coefficient (Wildman–Crippen LogP) is 4.05. The van der Waals surface area contributed by atoms with Crippen molar-refractivity contribution in [3.63, 3.8) is 0 Å². The van der Waals surface area contributed by atoms with E-state index in [-0.39, 0.29) is 16.7 Å². The molecule has 1 aromatic rings. The molecular formula is C18H18Cl2FN3O7S. The van der Waals surface area contributed by atoms with Crippen molar-refractivity contribution in [1.82, 2.24) is 0 Å². The highest BCUT2D eigenvalue weighted by atomic mass is 35.5. The number of rotatable bonds is 7. The Morgan fingerprint density at radius 2 is 1.69 bits per heavy atom. The van der Waals surface area contributed by atoms with Crippen LogP contribution >= 0.6 is 35.0 Å². The van der Waals surface area contributed by atoms with Gasteiger partial charge in [0.15, 0.2) is 5.82 Å². The summed E-state index contributed by atoms with van der Waals surface area (Å²) >= 11 is 12.6. The average molecular weight is 510 g/mol. The molecule has 14 heteroatoms. The summed E-state index contributed by atoms with van der Waals surface area (Å²) in [6.45, 7) is 3.08. The van der Waals surface area contributed by atoms with Gasteiger partial charge in [0.1, 0.15) is 36.4 Å². The van der Waals surface area contributed by atoms with Gasteiger partial charge in [-0.15, -0.1) is 0 Å². The number of hydrogen-bond donors (Lipinski definition) is 0. The van der Waals surface area contributed by atoms with Crippen LogP contribution in [-0.4, -0.2) is 54.3 Å². The van der Waals surface area contributed by atoms with Gasteiger partial charge in [0.2, 0.25) is 0 Å². The SMILES string of the molecule is CC(=O)OCC1O[C@H](Sc2cc(Cl)c(F)c(Cl)c2)[C@@H](OC(C)=O)C(N=[N+]=[N-])[C@H]1OC(C)=O. The number of nitrogens with zero attached hydrogens (tertiary/aromatic N) is 3. The lowest BCUT2D eigenvalue weighted by atomic mass is 9.97. The second-order valence-electron chi connectivity index (χ2n) is 6.51. The zero-order chi connectivity index (χ0) is 24.0. The van der Waals surface area contributed by atoms with Crippen LogP contribution in [0, 0.1) is 5.82 Å². The van der Waals surface area contributed by atoms with Gasteiger partial charge in [0.25, 0.3) is 0 Å². The average Bonchev–Trinajstić information content (AvgIpc) is 2.68. The van der Waals surface area contributed by atoms with Crippen LogP contribution in [0.1, 0.15) is 20.8 Å². The normalized spacial score (nSPS) is 24.8. The smallest absolute Gasteiger partial charge is 0.303 e. The largest absolute Gasteiger partial charge is 0.463 e. The first kappa shape index (κ1) is 26.0. The molecule has 0 radical (unpaired) electrons. The Hall–Kier alpha value is -2.24. The quantitative estimate of drug-likeness (QED) is 0.134. The number of benzene rings is 1. The van der Waals surface area contributed by atoms with Gasteiger partial charge in [-0.1, -0.05) is 40.1 Å².